The number of nitrogens with one attached hydrogen (secondary N) is 1. The molecule has 2 N–H and O–H groups in total. The first-order valence-electron chi connectivity index (χ1n) is 8.63. The molecule has 138 valence electrons. The second-order valence-corrected chi connectivity index (χ2v) is 9.58. The van der Waals surface area contributed by atoms with Gasteiger partial charge in [0.05, 0.1) is 17.6 Å². The van der Waals surface area contributed by atoms with E-state index in [4.69, 9.17) is 0 Å². The number of rotatable bonds is 4. The highest BCUT2D eigenvalue weighted by atomic mass is 32.2. The maximum Gasteiger partial charge on any atom is 0.222 e. The van der Waals surface area contributed by atoms with E-state index in [9.17, 15) is 23.1 Å². The fourth-order valence-electron chi connectivity index (χ4n) is 3.31. The summed E-state index contributed by atoms with van der Waals surface area (Å²) in [5.74, 6) is -0.138. The van der Waals surface area contributed by atoms with E-state index >= 15 is 0 Å². The molecular weight excluding hydrogens is 332 g/mol. The van der Waals surface area contributed by atoms with Crippen molar-refractivity contribution in [3.05, 3.63) is 0 Å². The van der Waals surface area contributed by atoms with Crippen molar-refractivity contribution in [1.29, 1.82) is 0 Å². The second-order valence-electron chi connectivity index (χ2n) is 7.35. The largest absolute Gasteiger partial charge is 0.391 e. The topological polar surface area (TPSA) is 104 Å². The van der Waals surface area contributed by atoms with Crippen LogP contribution in [-0.2, 0) is 19.4 Å². The van der Waals surface area contributed by atoms with E-state index in [0.29, 0.717) is 25.8 Å². The van der Waals surface area contributed by atoms with Crippen LogP contribution in [0, 0.1) is 11.8 Å². The summed E-state index contributed by atoms with van der Waals surface area (Å²) < 4.78 is 23.0. The molecule has 0 aromatic rings. The summed E-state index contributed by atoms with van der Waals surface area (Å²) in [7, 11) is -2.99. The molecule has 7 nitrogen and oxygen atoms in total. The molecule has 3 atom stereocenters. The maximum atomic E-state index is 12.4. The second kappa shape index (κ2) is 7.82. The molecule has 2 aliphatic rings. The Labute approximate surface area is 143 Å². The first-order chi connectivity index (χ1) is 11.2. The number of likely N-dealkylation sites (tertiary alicyclic amines) is 1. The molecule has 0 radical (unpaired) electrons. The van der Waals surface area contributed by atoms with Gasteiger partial charge in [0.2, 0.25) is 11.8 Å². The predicted octanol–water partition coefficient (Wildman–Crippen LogP) is -0.0647. The average Bonchev–Trinajstić information content (AvgIpc) is 2.69. The Kier molecular flexibility index (Phi) is 6.25. The van der Waals surface area contributed by atoms with Crippen LogP contribution in [0.15, 0.2) is 0 Å². The van der Waals surface area contributed by atoms with Crippen molar-refractivity contribution < 1.29 is 23.1 Å². The van der Waals surface area contributed by atoms with E-state index in [2.05, 4.69) is 5.32 Å². The number of β-amino-alcohol motifs (C(OH)–C–C–N with tert-alkyl or cyclic N) is 1. The first-order valence-corrected chi connectivity index (χ1v) is 10.4. The Hall–Kier alpha value is -1.15. The minimum atomic E-state index is -2.99. The van der Waals surface area contributed by atoms with Crippen LogP contribution in [0.4, 0.5) is 0 Å². The van der Waals surface area contributed by atoms with Gasteiger partial charge in [0.15, 0.2) is 9.84 Å². The van der Waals surface area contributed by atoms with Gasteiger partial charge in [-0.1, -0.05) is 13.8 Å². The normalized spacial score (nSPS) is 30.2. The van der Waals surface area contributed by atoms with Crippen LogP contribution >= 0.6 is 0 Å². The number of sulfone groups is 1. The molecule has 2 saturated heterocycles. The van der Waals surface area contributed by atoms with Crippen LogP contribution < -0.4 is 5.32 Å². The summed E-state index contributed by atoms with van der Waals surface area (Å²) in [4.78, 5) is 25.8. The van der Waals surface area contributed by atoms with Gasteiger partial charge in [-0.15, -0.1) is 0 Å². The lowest BCUT2D eigenvalue weighted by Crippen LogP contribution is -2.39. The van der Waals surface area contributed by atoms with Gasteiger partial charge >= 0.3 is 0 Å². The summed E-state index contributed by atoms with van der Waals surface area (Å²) >= 11 is 0. The lowest BCUT2D eigenvalue weighted by molar-refractivity contribution is -0.133. The van der Waals surface area contributed by atoms with Gasteiger partial charge in [-0.3, -0.25) is 9.59 Å². The molecule has 2 heterocycles. The number of amides is 2. The van der Waals surface area contributed by atoms with Crippen molar-refractivity contribution in [3.8, 4) is 0 Å². The highest BCUT2D eigenvalue weighted by Gasteiger charge is 2.32. The molecule has 0 saturated carbocycles. The Morgan fingerprint density at radius 2 is 2.00 bits per heavy atom. The van der Waals surface area contributed by atoms with Crippen LogP contribution in [0.1, 0.15) is 39.5 Å². The molecule has 2 aliphatic heterocycles. The number of aliphatic hydroxyl groups is 1. The van der Waals surface area contributed by atoms with Crippen molar-refractivity contribution >= 4 is 21.7 Å². The van der Waals surface area contributed by atoms with Crippen molar-refractivity contribution in [2.75, 3.05) is 24.6 Å². The zero-order chi connectivity index (χ0) is 17.9. The SMILES string of the molecule is CC(C)C(=O)N[C@@H]1CCN(C(=O)CC2CCS(=O)(=O)C2)C[C@H](O)C1. The number of hydrogen-bond donors (Lipinski definition) is 2. The van der Waals surface area contributed by atoms with Crippen molar-refractivity contribution in [2.24, 2.45) is 11.8 Å². The predicted molar refractivity (Wildman–Crippen MR) is 90.0 cm³/mol. The molecule has 0 aromatic heterocycles. The quantitative estimate of drug-likeness (QED) is 0.731. The van der Waals surface area contributed by atoms with Gasteiger partial charge < -0.3 is 15.3 Å². The van der Waals surface area contributed by atoms with E-state index in [1.54, 1.807) is 4.90 Å². The molecule has 2 amide bonds. The minimum Gasteiger partial charge on any atom is -0.391 e. The number of hydrogen-bond acceptors (Lipinski definition) is 5. The molecule has 0 spiro atoms. The third-order valence-electron chi connectivity index (χ3n) is 4.75. The Morgan fingerprint density at radius 3 is 2.58 bits per heavy atom. The fraction of sp³-hybridized carbons (Fsp3) is 0.875. The molecule has 0 aliphatic carbocycles. The summed E-state index contributed by atoms with van der Waals surface area (Å²) in [6, 6.07) is -0.139. The Bertz CT molecular complexity index is 575. The number of aliphatic hydroxyl groups excluding tert-OH is 1. The summed E-state index contributed by atoms with van der Waals surface area (Å²) in [5, 5.41) is 13.0. The number of nitrogens with zero attached hydrogens (tertiary/aromatic N) is 1. The highest BCUT2D eigenvalue weighted by molar-refractivity contribution is 7.91. The number of carbonyl (C=O) groups excluding carboxylic acids is 2. The molecule has 0 aromatic carbocycles. The fourth-order valence-corrected chi connectivity index (χ4v) is 5.17. The molecule has 2 rings (SSSR count). The lowest BCUT2D eigenvalue weighted by atomic mass is 10.0. The molecule has 1 unspecified atom stereocenters. The monoisotopic (exact) mass is 360 g/mol. The van der Waals surface area contributed by atoms with E-state index in [0.717, 1.165) is 0 Å². The van der Waals surface area contributed by atoms with Crippen LogP contribution in [-0.4, -0.2) is 67.0 Å². The van der Waals surface area contributed by atoms with Crippen LogP contribution in [0.2, 0.25) is 0 Å². The standard InChI is InChI=1S/C16H28N2O5S/c1-11(2)16(21)17-13-3-5-18(9-14(19)8-13)15(20)7-12-4-6-24(22,23)10-12/h11-14,19H,3-10H2,1-2H3,(H,17,21)/t12?,13-,14-/m1/s1. The van der Waals surface area contributed by atoms with Crippen LogP contribution in [0.3, 0.4) is 0 Å². The number of carbonyl (C=O) groups is 2. The average molecular weight is 360 g/mol. The Balaban J connectivity index is 1.88. The maximum absolute atomic E-state index is 12.4. The van der Waals surface area contributed by atoms with Gasteiger partial charge in [0.1, 0.15) is 0 Å². The Morgan fingerprint density at radius 1 is 1.29 bits per heavy atom. The summed E-state index contributed by atoms with van der Waals surface area (Å²) in [6.45, 7) is 4.34. The van der Waals surface area contributed by atoms with Gasteiger partial charge in [-0.05, 0) is 25.2 Å². The van der Waals surface area contributed by atoms with Crippen molar-refractivity contribution in [1.82, 2.24) is 10.2 Å². The smallest absolute Gasteiger partial charge is 0.222 e. The third-order valence-corrected chi connectivity index (χ3v) is 6.59. The van der Waals surface area contributed by atoms with Gasteiger partial charge in [-0.2, -0.15) is 0 Å². The minimum absolute atomic E-state index is 0.0526. The first kappa shape index (κ1) is 19.2. The molecule has 2 fully saturated rings. The highest BCUT2D eigenvalue weighted by Crippen LogP contribution is 2.23. The summed E-state index contributed by atoms with van der Waals surface area (Å²) in [6.07, 6.45) is 1.11. The van der Waals surface area contributed by atoms with E-state index in [1.165, 1.54) is 0 Å². The molecule has 8 heteroatoms. The molecule has 0 bridgehead atoms. The van der Waals surface area contributed by atoms with Gasteiger partial charge in [0.25, 0.3) is 0 Å². The molecular formula is C16H28N2O5S. The van der Waals surface area contributed by atoms with E-state index in [1.807, 2.05) is 13.8 Å². The van der Waals surface area contributed by atoms with E-state index < -0.39 is 15.9 Å². The van der Waals surface area contributed by atoms with Crippen LogP contribution in [0.5, 0.6) is 0 Å². The molecule has 24 heavy (non-hydrogen) atoms. The van der Waals surface area contributed by atoms with Crippen LogP contribution in [0.25, 0.3) is 0 Å². The third kappa shape index (κ3) is 5.44. The summed E-state index contributed by atoms with van der Waals surface area (Å²) in [5.41, 5.74) is 0. The van der Waals surface area contributed by atoms with Crippen molar-refractivity contribution in [2.45, 2.75) is 51.7 Å². The zero-order valence-corrected chi connectivity index (χ0v) is 15.2. The van der Waals surface area contributed by atoms with E-state index in [-0.39, 0.29) is 54.2 Å². The van der Waals surface area contributed by atoms with Gasteiger partial charge in [-0.25, -0.2) is 8.42 Å². The van der Waals surface area contributed by atoms with Gasteiger partial charge in [0, 0.05) is 31.5 Å². The lowest BCUT2D eigenvalue weighted by Gasteiger charge is -2.23. The van der Waals surface area contributed by atoms with Crippen molar-refractivity contribution in [3.63, 3.8) is 0 Å². The zero-order valence-electron chi connectivity index (χ0n) is 14.4.